The Morgan fingerprint density at radius 2 is 2.21 bits per heavy atom. The molecule has 142 valence electrons. The highest BCUT2D eigenvalue weighted by molar-refractivity contribution is 7.22. The number of thiazole rings is 1. The molecule has 0 spiro atoms. The number of anilines is 1. The molecule has 5 nitrogen and oxygen atoms in total. The molecule has 0 saturated heterocycles. The van der Waals surface area contributed by atoms with Gasteiger partial charge in [-0.2, -0.15) is 0 Å². The number of carbonyl (C=O) groups excluding carboxylic acids is 1. The van der Waals surface area contributed by atoms with Crippen molar-refractivity contribution in [2.75, 3.05) is 18.1 Å². The predicted molar refractivity (Wildman–Crippen MR) is 114 cm³/mol. The molecule has 2 aromatic carbocycles. The smallest absolute Gasteiger partial charge is 0.338 e. The second-order valence-corrected chi connectivity index (χ2v) is 8.29. The third kappa shape index (κ3) is 2.93. The van der Waals surface area contributed by atoms with E-state index in [0.717, 1.165) is 45.4 Å². The molecule has 0 unspecified atom stereocenters. The number of benzene rings is 2. The Morgan fingerprint density at radius 1 is 1.32 bits per heavy atom. The van der Waals surface area contributed by atoms with Gasteiger partial charge in [0.05, 0.1) is 28.9 Å². The third-order valence-electron chi connectivity index (χ3n) is 5.10. The second-order valence-electron chi connectivity index (χ2n) is 6.84. The average molecular weight is 412 g/mol. The number of hydrogen-bond donors (Lipinski definition) is 1. The monoisotopic (exact) mass is 411 g/mol. The Bertz CT molecular complexity index is 1210. The Kier molecular flexibility index (Phi) is 4.25. The van der Waals surface area contributed by atoms with Crippen LogP contribution < -0.4 is 4.90 Å². The summed E-state index contributed by atoms with van der Waals surface area (Å²) >= 11 is 7.79. The molecule has 5 rings (SSSR count). The predicted octanol–water partition coefficient (Wildman–Crippen LogP) is 5.17. The first-order valence-corrected chi connectivity index (χ1v) is 10.4. The van der Waals surface area contributed by atoms with Gasteiger partial charge in [-0.05, 0) is 55.3 Å². The molecule has 28 heavy (non-hydrogen) atoms. The summed E-state index contributed by atoms with van der Waals surface area (Å²) in [5, 5.41) is 2.95. The summed E-state index contributed by atoms with van der Waals surface area (Å²) in [4.78, 5) is 22.6. The fourth-order valence-electron chi connectivity index (χ4n) is 3.77. The number of nitrogens with one attached hydrogen (secondary N) is 1. The molecule has 0 atom stereocenters. The lowest BCUT2D eigenvalue weighted by atomic mass is 10.0. The largest absolute Gasteiger partial charge is 0.462 e. The summed E-state index contributed by atoms with van der Waals surface area (Å²) in [7, 11) is 0. The van der Waals surface area contributed by atoms with Crippen LogP contribution in [-0.4, -0.2) is 29.1 Å². The Balaban J connectivity index is 1.46. The standard InChI is InChI=1S/C21H18ClN3O2S/c1-2-27-20(26)12-3-5-17-19(9-12)28-21(24-17)25-8-7-14-15-10-13(22)4-6-16(15)23-18(14)11-25/h3-6,9-10,23H,2,7-8,11H2,1H3. The molecule has 3 heterocycles. The van der Waals surface area contributed by atoms with Gasteiger partial charge in [-0.15, -0.1) is 0 Å². The number of halogens is 1. The van der Waals surface area contributed by atoms with Crippen molar-refractivity contribution in [2.24, 2.45) is 0 Å². The second kappa shape index (κ2) is 6.79. The zero-order valence-corrected chi connectivity index (χ0v) is 16.9. The van der Waals surface area contributed by atoms with Crippen LogP contribution in [-0.2, 0) is 17.7 Å². The maximum absolute atomic E-state index is 12.0. The number of H-pyrrole nitrogens is 1. The molecule has 1 aliphatic heterocycles. The molecule has 0 saturated carbocycles. The molecule has 7 heteroatoms. The van der Waals surface area contributed by atoms with Crippen LogP contribution in [0, 0.1) is 0 Å². The van der Waals surface area contributed by atoms with Gasteiger partial charge in [-0.25, -0.2) is 9.78 Å². The van der Waals surface area contributed by atoms with Gasteiger partial charge in [-0.1, -0.05) is 22.9 Å². The molecule has 0 radical (unpaired) electrons. The van der Waals surface area contributed by atoms with Crippen LogP contribution >= 0.6 is 22.9 Å². The van der Waals surface area contributed by atoms with Crippen molar-refractivity contribution in [3.05, 3.63) is 58.2 Å². The van der Waals surface area contributed by atoms with Crippen LogP contribution in [0.4, 0.5) is 5.13 Å². The minimum absolute atomic E-state index is 0.293. The van der Waals surface area contributed by atoms with Gasteiger partial charge in [0, 0.05) is 28.2 Å². The first kappa shape index (κ1) is 17.5. The van der Waals surface area contributed by atoms with E-state index in [1.807, 2.05) is 37.3 Å². The van der Waals surface area contributed by atoms with Crippen molar-refractivity contribution in [2.45, 2.75) is 19.9 Å². The van der Waals surface area contributed by atoms with Crippen LogP contribution in [0.2, 0.25) is 5.02 Å². The van der Waals surface area contributed by atoms with Gasteiger partial charge in [0.2, 0.25) is 0 Å². The molecule has 0 fully saturated rings. The first-order chi connectivity index (χ1) is 13.6. The van der Waals surface area contributed by atoms with Crippen molar-refractivity contribution < 1.29 is 9.53 Å². The number of nitrogens with zero attached hydrogens (tertiary/aromatic N) is 2. The minimum atomic E-state index is -0.293. The average Bonchev–Trinajstić information content (AvgIpc) is 3.28. The van der Waals surface area contributed by atoms with E-state index in [2.05, 4.69) is 9.88 Å². The van der Waals surface area contributed by atoms with Crippen LogP contribution in [0.25, 0.3) is 21.1 Å². The number of esters is 1. The maximum atomic E-state index is 12.0. The fraction of sp³-hybridized carbons (Fsp3) is 0.238. The molecule has 0 aliphatic carbocycles. The maximum Gasteiger partial charge on any atom is 0.338 e. The lowest BCUT2D eigenvalue weighted by Crippen LogP contribution is -2.29. The van der Waals surface area contributed by atoms with Crippen molar-refractivity contribution >= 4 is 55.2 Å². The summed E-state index contributed by atoms with van der Waals surface area (Å²) in [5.74, 6) is -0.293. The van der Waals surface area contributed by atoms with Crippen molar-refractivity contribution in [1.29, 1.82) is 0 Å². The number of ether oxygens (including phenoxy) is 1. The van der Waals surface area contributed by atoms with Gasteiger partial charge in [-0.3, -0.25) is 0 Å². The van der Waals surface area contributed by atoms with Crippen LogP contribution in [0.1, 0.15) is 28.5 Å². The molecule has 1 N–H and O–H groups in total. The van der Waals surface area contributed by atoms with E-state index in [1.54, 1.807) is 17.4 Å². The highest BCUT2D eigenvalue weighted by Crippen LogP contribution is 2.35. The third-order valence-corrected chi connectivity index (χ3v) is 6.41. The van der Waals surface area contributed by atoms with E-state index in [1.165, 1.54) is 16.6 Å². The molecular weight excluding hydrogens is 394 g/mol. The minimum Gasteiger partial charge on any atom is -0.462 e. The molecule has 2 aromatic heterocycles. The van der Waals surface area contributed by atoms with Crippen molar-refractivity contribution in [3.8, 4) is 0 Å². The van der Waals surface area contributed by atoms with E-state index in [9.17, 15) is 4.79 Å². The Hall–Kier alpha value is -2.57. The Morgan fingerprint density at radius 3 is 3.07 bits per heavy atom. The molecule has 1 aliphatic rings. The quantitative estimate of drug-likeness (QED) is 0.472. The normalized spacial score (nSPS) is 13.9. The van der Waals surface area contributed by atoms with E-state index >= 15 is 0 Å². The molecular formula is C21H18ClN3O2S. The zero-order valence-electron chi connectivity index (χ0n) is 15.3. The summed E-state index contributed by atoms with van der Waals surface area (Å²) < 4.78 is 6.09. The number of carbonyl (C=O) groups is 1. The van der Waals surface area contributed by atoms with E-state index in [-0.39, 0.29) is 5.97 Å². The van der Waals surface area contributed by atoms with E-state index < -0.39 is 0 Å². The summed E-state index contributed by atoms with van der Waals surface area (Å²) in [6.45, 7) is 3.86. The van der Waals surface area contributed by atoms with Gasteiger partial charge >= 0.3 is 5.97 Å². The number of hydrogen-bond acceptors (Lipinski definition) is 5. The molecule has 0 bridgehead atoms. The van der Waals surface area contributed by atoms with Crippen LogP contribution in [0.5, 0.6) is 0 Å². The van der Waals surface area contributed by atoms with E-state index in [4.69, 9.17) is 21.3 Å². The summed E-state index contributed by atoms with van der Waals surface area (Å²) in [6, 6.07) is 11.5. The highest BCUT2D eigenvalue weighted by atomic mass is 35.5. The summed E-state index contributed by atoms with van der Waals surface area (Å²) in [5.41, 5.74) is 5.16. The van der Waals surface area contributed by atoms with Gasteiger partial charge in [0.1, 0.15) is 0 Å². The highest BCUT2D eigenvalue weighted by Gasteiger charge is 2.23. The number of aromatic nitrogens is 2. The lowest BCUT2D eigenvalue weighted by molar-refractivity contribution is 0.0526. The van der Waals surface area contributed by atoms with Crippen molar-refractivity contribution in [3.63, 3.8) is 0 Å². The fourth-order valence-corrected chi connectivity index (χ4v) is 4.97. The number of aromatic amines is 1. The van der Waals surface area contributed by atoms with Gasteiger partial charge in [0.25, 0.3) is 0 Å². The SMILES string of the molecule is CCOC(=O)c1ccc2nc(N3CCc4c([nH]c5ccc(Cl)cc45)C3)sc2c1. The van der Waals surface area contributed by atoms with Gasteiger partial charge in [0.15, 0.2) is 5.13 Å². The lowest BCUT2D eigenvalue weighted by Gasteiger charge is -2.26. The van der Waals surface area contributed by atoms with Gasteiger partial charge < -0.3 is 14.6 Å². The molecule has 0 amide bonds. The number of fused-ring (bicyclic) bond motifs is 4. The zero-order chi connectivity index (χ0) is 19.3. The molecule has 4 aromatic rings. The van der Waals surface area contributed by atoms with Crippen molar-refractivity contribution in [1.82, 2.24) is 9.97 Å². The first-order valence-electron chi connectivity index (χ1n) is 9.24. The Labute approximate surface area is 170 Å². The van der Waals surface area contributed by atoms with E-state index in [0.29, 0.717) is 12.2 Å². The summed E-state index contributed by atoms with van der Waals surface area (Å²) in [6.07, 6.45) is 0.944. The van der Waals surface area contributed by atoms with Crippen LogP contribution in [0.15, 0.2) is 36.4 Å². The van der Waals surface area contributed by atoms with Crippen LogP contribution in [0.3, 0.4) is 0 Å². The topological polar surface area (TPSA) is 58.2 Å². The number of rotatable bonds is 3.